The van der Waals surface area contributed by atoms with Crippen LogP contribution in [0.5, 0.6) is 0 Å². The van der Waals surface area contributed by atoms with Gasteiger partial charge in [-0.2, -0.15) is 0 Å². The van der Waals surface area contributed by atoms with Crippen molar-refractivity contribution in [2.75, 3.05) is 11.3 Å². The van der Waals surface area contributed by atoms with Gasteiger partial charge in [-0.05, 0) is 54.7 Å². The summed E-state index contributed by atoms with van der Waals surface area (Å²) < 4.78 is 18.6. The molecule has 0 saturated carbocycles. The van der Waals surface area contributed by atoms with Crippen LogP contribution in [-0.2, 0) is 23.3 Å². The zero-order chi connectivity index (χ0) is 23.9. The van der Waals surface area contributed by atoms with E-state index >= 15 is 0 Å². The maximum absolute atomic E-state index is 13.2. The van der Waals surface area contributed by atoms with Gasteiger partial charge in [0, 0.05) is 46.7 Å². The molecular weight excluding hydrogens is 426 g/mol. The Morgan fingerprint density at radius 3 is 2.36 bits per heavy atom. The fraction of sp³-hybridized carbons (Fsp3) is 0.321. The van der Waals surface area contributed by atoms with Crippen LogP contribution >= 0.6 is 0 Å². The third kappa shape index (κ3) is 4.53. The summed E-state index contributed by atoms with van der Waals surface area (Å²) in [5.74, 6) is 0.324. The fourth-order valence-electron chi connectivity index (χ4n) is 4.41. The van der Waals surface area contributed by atoms with Gasteiger partial charge in [0.1, 0.15) is 11.4 Å². The van der Waals surface area contributed by atoms with Gasteiger partial charge in [-0.15, -0.1) is 0 Å². The molecule has 0 fully saturated rings. The number of allylic oxidation sites excluding steroid dienone is 1. The molecule has 1 aromatic heterocycles. The monoisotopic (exact) mass is 459 g/mol. The van der Waals surface area contributed by atoms with Crippen LogP contribution in [-0.4, -0.2) is 21.9 Å². The SMILES string of the molecule is C=c1c2c(C)ccc(N[S+]([O-])c3ccc(C(C)(C)C)cc3)c2c(=C)n1CC1CN=CC=C1C. The normalized spacial score (nSPS) is 17.3. The van der Waals surface area contributed by atoms with E-state index in [1.165, 1.54) is 11.1 Å². The minimum Gasteiger partial charge on any atom is -0.588 e. The first-order chi connectivity index (χ1) is 15.6. The highest BCUT2D eigenvalue weighted by atomic mass is 32.2. The Bertz CT molecular complexity index is 1340. The van der Waals surface area contributed by atoms with Crippen molar-refractivity contribution < 1.29 is 4.55 Å². The summed E-state index contributed by atoms with van der Waals surface area (Å²) in [5.41, 5.74) is 4.55. The van der Waals surface area contributed by atoms with E-state index in [0.29, 0.717) is 5.92 Å². The highest BCUT2D eigenvalue weighted by molar-refractivity contribution is 7.92. The van der Waals surface area contributed by atoms with Crippen molar-refractivity contribution >= 4 is 47.2 Å². The maximum Gasteiger partial charge on any atom is 0.179 e. The van der Waals surface area contributed by atoms with Crippen LogP contribution in [0.4, 0.5) is 5.69 Å². The van der Waals surface area contributed by atoms with Gasteiger partial charge in [0.05, 0.1) is 5.69 Å². The molecule has 0 saturated heterocycles. The van der Waals surface area contributed by atoms with E-state index < -0.39 is 11.4 Å². The molecule has 2 aromatic carbocycles. The summed E-state index contributed by atoms with van der Waals surface area (Å²) >= 11 is -1.39. The Balaban J connectivity index is 1.69. The van der Waals surface area contributed by atoms with Crippen LogP contribution in [0.15, 0.2) is 57.9 Å². The minimum absolute atomic E-state index is 0.0595. The second kappa shape index (κ2) is 8.88. The van der Waals surface area contributed by atoms with E-state index in [2.05, 4.69) is 86.3 Å². The Kier molecular flexibility index (Phi) is 6.30. The van der Waals surface area contributed by atoms with Gasteiger partial charge >= 0.3 is 0 Å². The van der Waals surface area contributed by atoms with Gasteiger partial charge in [-0.1, -0.05) is 57.7 Å². The smallest absolute Gasteiger partial charge is 0.179 e. The van der Waals surface area contributed by atoms with E-state index in [0.717, 1.165) is 50.7 Å². The number of anilines is 1. The maximum atomic E-state index is 13.2. The molecular formula is C28H33N3OS. The van der Waals surface area contributed by atoms with Crippen molar-refractivity contribution in [1.82, 2.24) is 4.57 Å². The number of hydrogen-bond acceptors (Lipinski definition) is 3. The molecule has 4 rings (SSSR count). The molecule has 0 aliphatic carbocycles. The summed E-state index contributed by atoms with van der Waals surface area (Å²) in [7, 11) is 0. The lowest BCUT2D eigenvalue weighted by Crippen LogP contribution is -2.31. The number of benzene rings is 2. The zero-order valence-electron chi connectivity index (χ0n) is 20.2. The van der Waals surface area contributed by atoms with Crippen molar-refractivity contribution in [3.8, 4) is 0 Å². The van der Waals surface area contributed by atoms with Crippen molar-refractivity contribution in [1.29, 1.82) is 0 Å². The van der Waals surface area contributed by atoms with Crippen LogP contribution in [0.3, 0.4) is 0 Å². The van der Waals surface area contributed by atoms with Gasteiger partial charge in [-0.3, -0.25) is 4.99 Å². The largest absolute Gasteiger partial charge is 0.588 e. The Hall–Kier alpha value is -2.76. The molecule has 0 amide bonds. The van der Waals surface area contributed by atoms with Crippen LogP contribution in [0, 0.1) is 12.8 Å². The second-order valence-electron chi connectivity index (χ2n) is 9.95. The number of nitrogens with one attached hydrogen (secondary N) is 1. The molecule has 0 spiro atoms. The lowest BCUT2D eigenvalue weighted by molar-refractivity contribution is 0.502. The first-order valence-electron chi connectivity index (χ1n) is 11.3. The molecule has 172 valence electrons. The zero-order valence-corrected chi connectivity index (χ0v) is 21.1. The molecule has 1 N–H and O–H groups in total. The third-order valence-corrected chi connectivity index (χ3v) is 7.70. The summed E-state index contributed by atoms with van der Waals surface area (Å²) in [5, 5.41) is 3.90. The standard InChI is InChI=1S/C28H33N3OS/c1-18-14-15-29-16-22(18)17-31-20(3)26-19(2)8-13-25(27(26)21(31)4)30-33(32)24-11-9-23(10-12-24)28(5,6)7/h8-15,22,30H,3-4,16-17H2,1-2,5-7H3. The number of dihydropyridines is 1. The number of nitrogens with zero attached hydrogens (tertiary/aromatic N) is 2. The quantitative estimate of drug-likeness (QED) is 0.555. The summed E-state index contributed by atoms with van der Waals surface area (Å²) in [4.78, 5) is 5.19. The number of rotatable bonds is 5. The Morgan fingerprint density at radius 2 is 1.73 bits per heavy atom. The molecule has 0 bridgehead atoms. The van der Waals surface area contributed by atoms with E-state index in [9.17, 15) is 4.55 Å². The third-order valence-electron chi connectivity index (χ3n) is 6.60. The predicted molar refractivity (Wildman–Crippen MR) is 143 cm³/mol. The number of aliphatic imine (C=N–C) groups is 1. The molecule has 3 aromatic rings. The highest BCUT2D eigenvalue weighted by Gasteiger charge is 2.21. The lowest BCUT2D eigenvalue weighted by Gasteiger charge is -2.19. The molecule has 5 heteroatoms. The average Bonchev–Trinajstić information content (AvgIpc) is 3.02. The number of aromatic nitrogens is 1. The van der Waals surface area contributed by atoms with Crippen molar-refractivity contribution in [3.63, 3.8) is 0 Å². The Labute approximate surface area is 199 Å². The van der Waals surface area contributed by atoms with Crippen LogP contribution in [0.2, 0.25) is 0 Å². The number of fused-ring (bicyclic) bond motifs is 1. The number of hydrogen-bond donors (Lipinski definition) is 1. The fourth-order valence-corrected chi connectivity index (χ4v) is 5.29. The van der Waals surface area contributed by atoms with Crippen LogP contribution in [0.1, 0.15) is 38.8 Å². The summed E-state index contributed by atoms with van der Waals surface area (Å²) in [6.45, 7) is 21.1. The van der Waals surface area contributed by atoms with E-state index in [1.807, 2.05) is 24.4 Å². The van der Waals surface area contributed by atoms with Crippen LogP contribution in [0.25, 0.3) is 23.9 Å². The van der Waals surface area contributed by atoms with Gasteiger partial charge in [0.25, 0.3) is 0 Å². The van der Waals surface area contributed by atoms with Crippen molar-refractivity contribution in [2.24, 2.45) is 10.9 Å². The average molecular weight is 460 g/mol. The van der Waals surface area contributed by atoms with E-state index in [4.69, 9.17) is 0 Å². The first kappa shape index (κ1) is 23.4. The second-order valence-corrected chi connectivity index (χ2v) is 11.2. The molecule has 2 unspecified atom stereocenters. The molecule has 2 heterocycles. The van der Waals surface area contributed by atoms with Crippen molar-refractivity contribution in [3.05, 3.63) is 69.9 Å². The predicted octanol–water partition coefficient (Wildman–Crippen LogP) is 4.85. The molecule has 1 aliphatic heterocycles. The molecule has 33 heavy (non-hydrogen) atoms. The summed E-state index contributed by atoms with van der Waals surface area (Å²) in [6.07, 6.45) is 3.96. The highest BCUT2D eigenvalue weighted by Crippen LogP contribution is 2.27. The van der Waals surface area contributed by atoms with E-state index in [-0.39, 0.29) is 5.41 Å². The first-order valence-corrected chi connectivity index (χ1v) is 12.5. The molecule has 2 atom stereocenters. The Morgan fingerprint density at radius 1 is 1.06 bits per heavy atom. The van der Waals surface area contributed by atoms with Gasteiger partial charge in [0.15, 0.2) is 4.90 Å². The van der Waals surface area contributed by atoms with Gasteiger partial charge < -0.3 is 9.12 Å². The number of aryl methyl sites for hydroxylation is 1. The van der Waals surface area contributed by atoms with Gasteiger partial charge in [-0.25, -0.2) is 4.72 Å². The lowest BCUT2D eigenvalue weighted by atomic mass is 9.87. The molecule has 1 aliphatic rings. The summed E-state index contributed by atoms with van der Waals surface area (Å²) in [6, 6.07) is 12.0. The topological polar surface area (TPSA) is 52.4 Å². The molecule has 0 radical (unpaired) electrons. The van der Waals surface area contributed by atoms with E-state index in [1.54, 1.807) is 0 Å². The molecule has 4 nitrogen and oxygen atoms in total. The minimum atomic E-state index is -1.39. The van der Waals surface area contributed by atoms with Gasteiger partial charge in [0.2, 0.25) is 0 Å². The van der Waals surface area contributed by atoms with Crippen LogP contribution < -0.4 is 15.4 Å². The van der Waals surface area contributed by atoms with Crippen molar-refractivity contribution in [2.45, 2.75) is 51.5 Å².